The third-order valence-corrected chi connectivity index (χ3v) is 4.59. The number of fused-ring (bicyclic) bond motifs is 3. The number of rotatable bonds is 2. The summed E-state index contributed by atoms with van der Waals surface area (Å²) in [6.45, 7) is 3.88. The van der Waals surface area contributed by atoms with Gasteiger partial charge in [-0.2, -0.15) is 0 Å². The van der Waals surface area contributed by atoms with E-state index in [1.807, 2.05) is 36.4 Å². The van der Waals surface area contributed by atoms with E-state index in [-0.39, 0.29) is 5.82 Å². The summed E-state index contributed by atoms with van der Waals surface area (Å²) in [4.78, 5) is 9.37. The van der Waals surface area contributed by atoms with Crippen LogP contribution in [0.2, 0.25) is 5.02 Å². The number of aryl methyl sites for hydroxylation is 2. The van der Waals surface area contributed by atoms with Gasteiger partial charge in [-0.05, 0) is 44.2 Å². The Hall–Kier alpha value is -2.66. The normalized spacial score (nSPS) is 11.4. The van der Waals surface area contributed by atoms with Crippen LogP contribution >= 0.6 is 11.6 Å². The van der Waals surface area contributed by atoms with Gasteiger partial charge in [-0.25, -0.2) is 14.4 Å². The molecule has 2 heterocycles. The van der Waals surface area contributed by atoms with Crippen LogP contribution in [0, 0.1) is 19.7 Å². The highest BCUT2D eigenvalue weighted by Crippen LogP contribution is 2.33. The first-order valence-electron chi connectivity index (χ1n) is 7.78. The van der Waals surface area contributed by atoms with E-state index >= 15 is 0 Å². The Kier molecular flexibility index (Phi) is 3.62. The minimum absolute atomic E-state index is 0.317. The third-order valence-electron chi connectivity index (χ3n) is 4.28. The molecule has 0 aliphatic heterocycles. The SMILES string of the molecule is COc1ccc2nc(C)c3c(C)nc(-c4ccc(F)cc4Cl)n3c2c1. The number of aromatic nitrogens is 3. The van der Waals surface area contributed by atoms with Gasteiger partial charge in [0.15, 0.2) is 0 Å². The van der Waals surface area contributed by atoms with Gasteiger partial charge in [-0.3, -0.25) is 4.40 Å². The van der Waals surface area contributed by atoms with Crippen molar-refractivity contribution in [1.82, 2.24) is 14.4 Å². The van der Waals surface area contributed by atoms with Gasteiger partial charge in [0, 0.05) is 11.6 Å². The summed E-state index contributed by atoms with van der Waals surface area (Å²) in [5.74, 6) is 0.999. The minimum atomic E-state index is -0.379. The van der Waals surface area contributed by atoms with Crippen LogP contribution in [0.15, 0.2) is 36.4 Å². The first kappa shape index (κ1) is 15.8. The highest BCUT2D eigenvalue weighted by molar-refractivity contribution is 6.33. The van der Waals surface area contributed by atoms with Crippen LogP contribution in [0.1, 0.15) is 11.4 Å². The average molecular weight is 356 g/mol. The van der Waals surface area contributed by atoms with Crippen molar-refractivity contribution >= 4 is 28.2 Å². The molecule has 0 fully saturated rings. The average Bonchev–Trinajstić information content (AvgIpc) is 2.93. The van der Waals surface area contributed by atoms with Crippen LogP contribution in [-0.4, -0.2) is 21.5 Å². The zero-order chi connectivity index (χ0) is 17.7. The number of imidazole rings is 1. The number of ether oxygens (including phenoxy) is 1. The Morgan fingerprint density at radius 1 is 1.04 bits per heavy atom. The molecule has 2 aromatic heterocycles. The molecule has 4 nitrogen and oxygen atoms in total. The van der Waals surface area contributed by atoms with E-state index in [0.29, 0.717) is 16.4 Å². The van der Waals surface area contributed by atoms with Gasteiger partial charge in [-0.15, -0.1) is 0 Å². The summed E-state index contributed by atoms with van der Waals surface area (Å²) < 4.78 is 20.8. The summed E-state index contributed by atoms with van der Waals surface area (Å²) in [7, 11) is 1.62. The van der Waals surface area contributed by atoms with E-state index in [1.54, 1.807) is 13.2 Å². The van der Waals surface area contributed by atoms with Crippen LogP contribution in [0.25, 0.3) is 27.9 Å². The fraction of sp³-hybridized carbons (Fsp3) is 0.158. The summed E-state index contributed by atoms with van der Waals surface area (Å²) in [6, 6.07) is 10.0. The second-order valence-electron chi connectivity index (χ2n) is 5.88. The van der Waals surface area contributed by atoms with Crippen LogP contribution in [0.5, 0.6) is 5.75 Å². The van der Waals surface area contributed by atoms with Crippen LogP contribution in [0.3, 0.4) is 0 Å². The zero-order valence-electron chi connectivity index (χ0n) is 14.0. The van der Waals surface area contributed by atoms with E-state index < -0.39 is 0 Å². The fourth-order valence-electron chi connectivity index (χ4n) is 3.18. The van der Waals surface area contributed by atoms with E-state index in [1.165, 1.54) is 12.1 Å². The summed E-state index contributed by atoms with van der Waals surface area (Å²) in [6.07, 6.45) is 0. The molecule has 0 saturated heterocycles. The molecule has 0 N–H and O–H groups in total. The van der Waals surface area contributed by atoms with Gasteiger partial charge < -0.3 is 4.74 Å². The molecule has 4 aromatic rings. The lowest BCUT2D eigenvalue weighted by Gasteiger charge is -2.10. The predicted octanol–water partition coefficient (Wildman–Crippen LogP) is 4.97. The van der Waals surface area contributed by atoms with E-state index in [9.17, 15) is 4.39 Å². The van der Waals surface area contributed by atoms with Gasteiger partial charge in [0.25, 0.3) is 0 Å². The fourth-order valence-corrected chi connectivity index (χ4v) is 3.43. The minimum Gasteiger partial charge on any atom is -0.497 e. The molecule has 4 rings (SSSR count). The molecule has 25 heavy (non-hydrogen) atoms. The van der Waals surface area contributed by atoms with Crippen molar-refractivity contribution in [2.45, 2.75) is 13.8 Å². The molecule has 2 aromatic carbocycles. The molecule has 6 heteroatoms. The number of halogens is 2. The standard InChI is InChI=1S/C19H15ClFN3O/c1-10-18-11(2)23-19(14-6-4-12(21)8-15(14)20)24(18)17-9-13(25-3)5-7-16(17)22-10/h4-9H,1-3H3. The number of nitrogens with zero attached hydrogens (tertiary/aromatic N) is 3. The largest absolute Gasteiger partial charge is 0.497 e. The smallest absolute Gasteiger partial charge is 0.146 e. The maximum Gasteiger partial charge on any atom is 0.146 e. The van der Waals surface area contributed by atoms with Crippen LogP contribution in [0.4, 0.5) is 4.39 Å². The number of methoxy groups -OCH3 is 1. The second-order valence-corrected chi connectivity index (χ2v) is 6.29. The maximum absolute atomic E-state index is 13.5. The maximum atomic E-state index is 13.5. The Labute approximate surface area is 148 Å². The van der Waals surface area contributed by atoms with Gasteiger partial charge in [0.2, 0.25) is 0 Å². The molecule has 0 bridgehead atoms. The first-order valence-corrected chi connectivity index (χ1v) is 8.16. The molecule has 0 saturated carbocycles. The molecule has 0 aliphatic rings. The van der Waals surface area contributed by atoms with Crippen molar-refractivity contribution in [3.05, 3.63) is 58.6 Å². The highest BCUT2D eigenvalue weighted by atomic mass is 35.5. The molecule has 0 radical (unpaired) electrons. The zero-order valence-corrected chi connectivity index (χ0v) is 14.7. The lowest BCUT2D eigenvalue weighted by atomic mass is 10.2. The third kappa shape index (κ3) is 2.43. The quantitative estimate of drug-likeness (QED) is 0.509. The topological polar surface area (TPSA) is 39.4 Å². The number of hydrogen-bond donors (Lipinski definition) is 0. The van der Waals surface area contributed by atoms with Crippen molar-refractivity contribution in [2.75, 3.05) is 7.11 Å². The summed E-state index contributed by atoms with van der Waals surface area (Å²) in [5, 5.41) is 0.317. The van der Waals surface area contributed by atoms with Crippen molar-refractivity contribution in [2.24, 2.45) is 0 Å². The molecule has 0 atom stereocenters. The van der Waals surface area contributed by atoms with E-state index in [4.69, 9.17) is 21.3 Å². The second kappa shape index (κ2) is 5.70. The molecule has 0 unspecified atom stereocenters. The molecule has 0 aliphatic carbocycles. The summed E-state index contributed by atoms with van der Waals surface area (Å²) >= 11 is 6.29. The van der Waals surface area contributed by atoms with E-state index in [0.717, 1.165) is 33.7 Å². The Balaban J connectivity index is 2.18. The monoisotopic (exact) mass is 355 g/mol. The number of benzene rings is 2. The van der Waals surface area contributed by atoms with Crippen LogP contribution in [-0.2, 0) is 0 Å². The molecule has 126 valence electrons. The van der Waals surface area contributed by atoms with Crippen molar-refractivity contribution in [3.63, 3.8) is 0 Å². The lowest BCUT2D eigenvalue weighted by molar-refractivity contribution is 0.415. The van der Waals surface area contributed by atoms with Gasteiger partial charge >= 0.3 is 0 Å². The summed E-state index contributed by atoms with van der Waals surface area (Å²) in [5.41, 5.74) is 4.97. The highest BCUT2D eigenvalue weighted by Gasteiger charge is 2.18. The molecule has 0 spiro atoms. The van der Waals surface area contributed by atoms with E-state index in [2.05, 4.69) is 4.98 Å². The lowest BCUT2D eigenvalue weighted by Crippen LogP contribution is -1.98. The molecule has 0 amide bonds. The Bertz CT molecular complexity index is 1140. The molecular weight excluding hydrogens is 341 g/mol. The van der Waals surface area contributed by atoms with Gasteiger partial charge in [0.1, 0.15) is 17.4 Å². The molecular formula is C19H15ClFN3O. The van der Waals surface area contributed by atoms with Crippen molar-refractivity contribution in [3.8, 4) is 17.1 Å². The number of hydrogen-bond acceptors (Lipinski definition) is 3. The van der Waals surface area contributed by atoms with Crippen molar-refractivity contribution < 1.29 is 9.13 Å². The first-order chi connectivity index (χ1) is 12.0. The predicted molar refractivity (Wildman–Crippen MR) is 96.9 cm³/mol. The van der Waals surface area contributed by atoms with Gasteiger partial charge in [-0.1, -0.05) is 11.6 Å². The van der Waals surface area contributed by atoms with Crippen LogP contribution < -0.4 is 4.74 Å². The van der Waals surface area contributed by atoms with Crippen molar-refractivity contribution in [1.29, 1.82) is 0 Å². The van der Waals surface area contributed by atoms with Gasteiger partial charge in [0.05, 0.1) is 40.1 Å². The Morgan fingerprint density at radius 2 is 1.80 bits per heavy atom. The Morgan fingerprint density at radius 3 is 2.52 bits per heavy atom.